The molecule has 4 aromatic rings. The van der Waals surface area contributed by atoms with E-state index < -0.39 is 10.0 Å². The predicted octanol–water partition coefficient (Wildman–Crippen LogP) is 4.42. The van der Waals surface area contributed by atoms with Gasteiger partial charge in [-0.15, -0.1) is 11.8 Å². The molecule has 2 N–H and O–H groups in total. The van der Waals surface area contributed by atoms with Crippen molar-refractivity contribution in [2.24, 2.45) is 5.14 Å². The van der Waals surface area contributed by atoms with Gasteiger partial charge >= 0.3 is 0 Å². The molecule has 3 heterocycles. The minimum atomic E-state index is -3.84. The summed E-state index contributed by atoms with van der Waals surface area (Å²) in [6.07, 6.45) is 4.14. The van der Waals surface area contributed by atoms with Crippen LogP contribution in [-0.2, 0) is 10.0 Å². The average Bonchev–Trinajstić information content (AvgIpc) is 3.11. The normalized spacial score (nSPS) is 17.0. The Morgan fingerprint density at radius 1 is 1.15 bits per heavy atom. The fourth-order valence-corrected chi connectivity index (χ4v) is 6.21. The molecule has 1 aliphatic heterocycles. The van der Waals surface area contributed by atoms with Crippen LogP contribution in [0.25, 0.3) is 10.3 Å². The summed E-state index contributed by atoms with van der Waals surface area (Å²) in [6.45, 7) is 0.368. The molecule has 0 aliphatic carbocycles. The number of aromatic nitrogens is 2. The van der Waals surface area contributed by atoms with Crippen LogP contribution in [0.2, 0.25) is 0 Å². The summed E-state index contributed by atoms with van der Waals surface area (Å²) >= 11 is 3.24. The highest BCUT2D eigenvalue weighted by atomic mass is 32.2. The number of rotatable bonds is 5. The highest BCUT2D eigenvalue weighted by molar-refractivity contribution is 7.98. The third-order valence-electron chi connectivity index (χ3n) is 5.48. The lowest BCUT2D eigenvalue weighted by molar-refractivity contribution is 0.172. The van der Waals surface area contributed by atoms with Gasteiger partial charge in [0.1, 0.15) is 21.5 Å². The molecule has 7 nitrogen and oxygen atoms in total. The van der Waals surface area contributed by atoms with Gasteiger partial charge in [-0.2, -0.15) is 0 Å². The Bertz CT molecular complexity index is 1390. The largest absolute Gasteiger partial charge is 0.490 e. The molecule has 10 heteroatoms. The van der Waals surface area contributed by atoms with Gasteiger partial charge in [0.25, 0.3) is 0 Å². The van der Waals surface area contributed by atoms with Crippen LogP contribution in [0.1, 0.15) is 22.9 Å². The second-order valence-electron chi connectivity index (χ2n) is 7.55. The monoisotopic (exact) mass is 499 g/mol. The molecule has 1 aliphatic rings. The molecule has 1 unspecified atom stereocenters. The van der Waals surface area contributed by atoms with Gasteiger partial charge in [0.05, 0.1) is 17.4 Å². The second-order valence-corrected chi connectivity index (χ2v) is 11.0. The molecule has 0 radical (unpaired) electrons. The number of hydrogen-bond donors (Lipinski definition) is 1. The number of thioether (sulfide) groups is 1. The molecule has 170 valence electrons. The summed E-state index contributed by atoms with van der Waals surface area (Å²) in [6, 6.07) is 16.5. The summed E-state index contributed by atoms with van der Waals surface area (Å²) in [5, 5.41) is 6.20. The fourth-order valence-electron chi connectivity index (χ4n) is 3.95. The molecule has 2 aromatic carbocycles. The van der Waals surface area contributed by atoms with Gasteiger partial charge in [0.2, 0.25) is 10.0 Å². The lowest BCUT2D eigenvalue weighted by Crippen LogP contribution is -2.27. The second kappa shape index (κ2) is 8.94. The standard InChI is InChI=1S/C23H21N3O4S3/c1-31-20-7-3-2-5-15(20)21(23-26-16-6-4-11-25-22(16)32-23)18-10-12-29-19-13-14(33(24,27)28)8-9-17(19)30-18/h2-9,11,13,18,21H,10,12H2,1H3,(H2,24,27,28)/t18?,21-/m0/s1. The van der Waals surface area contributed by atoms with Crippen molar-refractivity contribution < 1.29 is 17.9 Å². The van der Waals surface area contributed by atoms with Gasteiger partial charge in [0, 0.05) is 23.6 Å². The zero-order valence-corrected chi connectivity index (χ0v) is 20.1. The number of nitrogens with two attached hydrogens (primary N) is 1. The van der Waals surface area contributed by atoms with Crippen LogP contribution in [-0.4, -0.2) is 37.4 Å². The van der Waals surface area contributed by atoms with Gasteiger partial charge < -0.3 is 9.47 Å². The molecule has 33 heavy (non-hydrogen) atoms. The van der Waals surface area contributed by atoms with E-state index in [1.807, 2.05) is 24.3 Å². The van der Waals surface area contributed by atoms with Crippen LogP contribution >= 0.6 is 23.1 Å². The van der Waals surface area contributed by atoms with Crippen LogP contribution in [0.15, 0.2) is 70.6 Å². The quantitative estimate of drug-likeness (QED) is 0.405. The van der Waals surface area contributed by atoms with E-state index in [1.165, 1.54) is 12.1 Å². The number of hydrogen-bond acceptors (Lipinski definition) is 8. The molecule has 0 saturated carbocycles. The van der Waals surface area contributed by atoms with Crippen molar-refractivity contribution in [1.29, 1.82) is 0 Å². The van der Waals surface area contributed by atoms with Gasteiger partial charge in [-0.25, -0.2) is 23.5 Å². The molecule has 0 fully saturated rings. The Hall–Kier alpha value is -2.66. The third-order valence-corrected chi connectivity index (χ3v) is 8.26. The fraction of sp³-hybridized carbons (Fsp3) is 0.217. The van der Waals surface area contributed by atoms with Crippen LogP contribution in [0.4, 0.5) is 0 Å². The number of ether oxygens (including phenoxy) is 2. The summed E-state index contributed by atoms with van der Waals surface area (Å²) in [5.74, 6) is 0.697. The Kier molecular flexibility index (Phi) is 6.00. The van der Waals surface area contributed by atoms with E-state index in [9.17, 15) is 8.42 Å². The molecule has 0 saturated heterocycles. The van der Waals surface area contributed by atoms with Crippen molar-refractivity contribution in [2.75, 3.05) is 12.9 Å². The van der Waals surface area contributed by atoms with Gasteiger partial charge in [0.15, 0.2) is 11.5 Å². The summed E-state index contributed by atoms with van der Waals surface area (Å²) in [4.78, 5) is 11.4. The molecule has 0 amide bonds. The van der Waals surface area contributed by atoms with Crippen molar-refractivity contribution >= 4 is 43.5 Å². The number of fused-ring (bicyclic) bond motifs is 2. The summed E-state index contributed by atoms with van der Waals surface area (Å²) in [7, 11) is -3.84. The molecule has 2 aromatic heterocycles. The van der Waals surface area contributed by atoms with Crippen molar-refractivity contribution in [3.63, 3.8) is 0 Å². The lowest BCUT2D eigenvalue weighted by atomic mass is 9.92. The van der Waals surface area contributed by atoms with Crippen molar-refractivity contribution in [3.05, 3.63) is 71.4 Å². The first-order valence-corrected chi connectivity index (χ1v) is 13.8. The first kappa shape index (κ1) is 22.1. The minimum absolute atomic E-state index is 0.00942. The zero-order chi connectivity index (χ0) is 23.0. The number of thiazole rings is 1. The van der Waals surface area contributed by atoms with E-state index in [0.29, 0.717) is 24.5 Å². The first-order chi connectivity index (χ1) is 15.9. The number of sulfonamides is 1. The Labute approximate surface area is 200 Å². The van der Waals surface area contributed by atoms with Crippen molar-refractivity contribution in [2.45, 2.75) is 28.2 Å². The minimum Gasteiger partial charge on any atom is -0.490 e. The van der Waals surface area contributed by atoms with Crippen LogP contribution in [0.5, 0.6) is 11.5 Å². The molecule has 2 atom stereocenters. The summed E-state index contributed by atoms with van der Waals surface area (Å²) in [5.41, 5.74) is 1.98. The summed E-state index contributed by atoms with van der Waals surface area (Å²) < 4.78 is 35.9. The molecule has 0 spiro atoms. The maximum Gasteiger partial charge on any atom is 0.238 e. The predicted molar refractivity (Wildman–Crippen MR) is 130 cm³/mol. The number of nitrogens with zero attached hydrogens (tertiary/aromatic N) is 2. The molecule has 5 rings (SSSR count). The Morgan fingerprint density at radius 3 is 2.79 bits per heavy atom. The van der Waals surface area contributed by atoms with Crippen molar-refractivity contribution in [1.82, 2.24) is 9.97 Å². The van der Waals surface area contributed by atoms with Crippen molar-refractivity contribution in [3.8, 4) is 11.5 Å². The molecular formula is C23H21N3O4S3. The van der Waals surface area contributed by atoms with E-state index in [4.69, 9.17) is 19.6 Å². The third kappa shape index (κ3) is 4.43. The molecule has 0 bridgehead atoms. The number of pyridine rings is 1. The topological polar surface area (TPSA) is 104 Å². The van der Waals surface area contributed by atoms with E-state index in [0.717, 1.165) is 25.8 Å². The first-order valence-electron chi connectivity index (χ1n) is 10.2. The van der Waals surface area contributed by atoms with E-state index in [2.05, 4.69) is 23.4 Å². The van der Waals surface area contributed by atoms with E-state index in [1.54, 1.807) is 35.4 Å². The average molecular weight is 500 g/mol. The van der Waals surface area contributed by atoms with E-state index >= 15 is 0 Å². The van der Waals surface area contributed by atoms with Gasteiger partial charge in [-0.3, -0.25) is 0 Å². The van der Waals surface area contributed by atoms with Crippen LogP contribution < -0.4 is 14.6 Å². The van der Waals surface area contributed by atoms with Crippen LogP contribution in [0, 0.1) is 0 Å². The van der Waals surface area contributed by atoms with Crippen LogP contribution in [0.3, 0.4) is 0 Å². The lowest BCUT2D eigenvalue weighted by Gasteiger charge is -2.26. The van der Waals surface area contributed by atoms with Gasteiger partial charge in [-0.05, 0) is 42.2 Å². The smallest absolute Gasteiger partial charge is 0.238 e. The highest BCUT2D eigenvalue weighted by Crippen LogP contribution is 2.42. The zero-order valence-electron chi connectivity index (χ0n) is 17.7. The van der Waals surface area contributed by atoms with E-state index in [-0.39, 0.29) is 16.9 Å². The maximum atomic E-state index is 11.8. The molecular weight excluding hydrogens is 478 g/mol. The SMILES string of the molecule is CSc1ccccc1[C@H](c1nc2cccnc2s1)C1CCOc2cc(S(N)(=O)=O)ccc2O1. The Morgan fingerprint density at radius 2 is 2.00 bits per heavy atom. The Balaban J connectivity index is 1.61. The van der Waals surface area contributed by atoms with Gasteiger partial charge in [-0.1, -0.05) is 29.5 Å². The number of benzene rings is 2. The maximum absolute atomic E-state index is 11.8. The highest BCUT2D eigenvalue weighted by Gasteiger charge is 2.34. The number of primary sulfonamides is 1.